The second kappa shape index (κ2) is 9.94. The molecule has 0 saturated carbocycles. The van der Waals surface area contributed by atoms with Gasteiger partial charge < -0.3 is 15.4 Å². The van der Waals surface area contributed by atoms with E-state index in [2.05, 4.69) is 31.4 Å². The number of hydrogen-bond donors (Lipinski definition) is 2. The largest absolute Gasteiger partial charge is 0.377 e. The standard InChI is InChI=1S/C22H37N3O3S/c1-7-23-21(25-15-18-9-8-12-28-20(18)22(3,4)5)24-14-17-10-11-19(16(2)13-17)29(6,26)27/h10-11,13,18,20H,7-9,12,14-15H2,1-6H3,(H2,23,24,25). The van der Waals surface area contributed by atoms with Gasteiger partial charge in [0.25, 0.3) is 0 Å². The summed E-state index contributed by atoms with van der Waals surface area (Å²) in [5.74, 6) is 1.22. The van der Waals surface area contributed by atoms with Crippen molar-refractivity contribution in [3.63, 3.8) is 0 Å². The minimum absolute atomic E-state index is 0.112. The fourth-order valence-corrected chi connectivity index (χ4v) is 4.93. The fraction of sp³-hybridized carbons (Fsp3) is 0.682. The lowest BCUT2D eigenvalue weighted by atomic mass is 9.78. The molecule has 1 saturated heterocycles. The molecule has 29 heavy (non-hydrogen) atoms. The van der Waals surface area contributed by atoms with E-state index in [1.165, 1.54) is 6.26 Å². The molecule has 1 fully saturated rings. The van der Waals surface area contributed by atoms with Crippen LogP contribution in [0.3, 0.4) is 0 Å². The summed E-state index contributed by atoms with van der Waals surface area (Å²) in [6, 6.07) is 5.40. The second-order valence-electron chi connectivity index (χ2n) is 9.01. The molecule has 1 aromatic carbocycles. The average molecular weight is 424 g/mol. The van der Waals surface area contributed by atoms with Crippen molar-refractivity contribution in [2.24, 2.45) is 16.3 Å². The lowest BCUT2D eigenvalue weighted by molar-refractivity contribution is -0.0835. The van der Waals surface area contributed by atoms with Crippen LogP contribution in [-0.4, -0.2) is 46.4 Å². The van der Waals surface area contributed by atoms with E-state index < -0.39 is 9.84 Å². The van der Waals surface area contributed by atoms with Crippen molar-refractivity contribution in [2.75, 3.05) is 26.0 Å². The number of ether oxygens (including phenoxy) is 1. The first-order chi connectivity index (χ1) is 13.5. The van der Waals surface area contributed by atoms with E-state index >= 15 is 0 Å². The molecule has 0 aliphatic carbocycles. The van der Waals surface area contributed by atoms with Gasteiger partial charge in [0.2, 0.25) is 0 Å². The summed E-state index contributed by atoms with van der Waals surface area (Å²) in [5, 5.41) is 6.77. The van der Waals surface area contributed by atoms with Crippen molar-refractivity contribution >= 4 is 15.8 Å². The van der Waals surface area contributed by atoms with Crippen molar-refractivity contribution < 1.29 is 13.2 Å². The van der Waals surface area contributed by atoms with Crippen LogP contribution in [0.25, 0.3) is 0 Å². The van der Waals surface area contributed by atoms with Gasteiger partial charge in [0.15, 0.2) is 15.8 Å². The summed E-state index contributed by atoms with van der Waals surface area (Å²) in [7, 11) is -3.20. The molecule has 1 aromatic rings. The zero-order valence-electron chi connectivity index (χ0n) is 18.7. The number of benzene rings is 1. The third-order valence-electron chi connectivity index (χ3n) is 5.23. The summed E-state index contributed by atoms with van der Waals surface area (Å²) >= 11 is 0. The lowest BCUT2D eigenvalue weighted by Gasteiger charge is -2.40. The minimum atomic E-state index is -3.20. The Kier molecular flexibility index (Phi) is 8.11. The van der Waals surface area contributed by atoms with Gasteiger partial charge in [-0.05, 0) is 49.3 Å². The third kappa shape index (κ3) is 7.00. The molecule has 0 aromatic heterocycles. The van der Waals surface area contributed by atoms with Gasteiger partial charge in [-0.2, -0.15) is 0 Å². The average Bonchev–Trinajstić information content (AvgIpc) is 2.62. The highest BCUT2D eigenvalue weighted by molar-refractivity contribution is 7.90. The van der Waals surface area contributed by atoms with Gasteiger partial charge in [-0.3, -0.25) is 0 Å². The zero-order valence-corrected chi connectivity index (χ0v) is 19.5. The SMILES string of the molecule is CCNC(=NCc1ccc(S(C)(=O)=O)c(C)c1)NCC1CCCOC1C(C)(C)C. The van der Waals surface area contributed by atoms with E-state index in [-0.39, 0.29) is 11.5 Å². The topological polar surface area (TPSA) is 79.8 Å². The molecular weight excluding hydrogens is 386 g/mol. The van der Waals surface area contributed by atoms with E-state index in [9.17, 15) is 8.42 Å². The number of hydrogen-bond acceptors (Lipinski definition) is 4. The van der Waals surface area contributed by atoms with Crippen LogP contribution in [0, 0.1) is 18.3 Å². The lowest BCUT2D eigenvalue weighted by Crippen LogP contribution is -2.47. The Morgan fingerprint density at radius 3 is 2.59 bits per heavy atom. The maximum Gasteiger partial charge on any atom is 0.191 e. The fourth-order valence-electron chi connectivity index (χ4n) is 3.98. The van der Waals surface area contributed by atoms with Crippen LogP contribution in [0.1, 0.15) is 51.7 Å². The Labute approximate surface area is 176 Å². The van der Waals surface area contributed by atoms with Crippen LogP contribution < -0.4 is 10.6 Å². The van der Waals surface area contributed by atoms with Gasteiger partial charge in [0.05, 0.1) is 17.5 Å². The molecule has 0 radical (unpaired) electrons. The van der Waals surface area contributed by atoms with E-state index in [0.29, 0.717) is 17.4 Å². The van der Waals surface area contributed by atoms with Crippen LogP contribution in [0.5, 0.6) is 0 Å². The highest BCUT2D eigenvalue weighted by Crippen LogP contribution is 2.33. The number of nitrogens with zero attached hydrogens (tertiary/aromatic N) is 1. The minimum Gasteiger partial charge on any atom is -0.377 e. The first-order valence-corrected chi connectivity index (χ1v) is 12.3. The molecule has 1 aliphatic heterocycles. The van der Waals surface area contributed by atoms with Crippen molar-refractivity contribution in [3.05, 3.63) is 29.3 Å². The molecule has 0 bridgehead atoms. The van der Waals surface area contributed by atoms with Gasteiger partial charge in [-0.1, -0.05) is 32.9 Å². The molecule has 7 heteroatoms. The van der Waals surface area contributed by atoms with Crippen LogP contribution in [0.15, 0.2) is 28.1 Å². The molecule has 2 N–H and O–H groups in total. The number of aliphatic imine (C=N–C) groups is 1. The normalized spacial score (nSPS) is 21.1. The molecule has 2 unspecified atom stereocenters. The molecule has 2 rings (SSSR count). The highest BCUT2D eigenvalue weighted by atomic mass is 32.2. The Bertz CT molecular complexity index is 813. The highest BCUT2D eigenvalue weighted by Gasteiger charge is 2.35. The summed E-state index contributed by atoms with van der Waals surface area (Å²) in [5.41, 5.74) is 1.85. The van der Waals surface area contributed by atoms with Crippen molar-refractivity contribution in [3.8, 4) is 0 Å². The quantitative estimate of drug-likeness (QED) is 0.542. The molecular formula is C22H37N3O3S. The van der Waals surface area contributed by atoms with Crippen molar-refractivity contribution in [1.82, 2.24) is 10.6 Å². The predicted octanol–water partition coefficient (Wildman–Crippen LogP) is 3.29. The van der Waals surface area contributed by atoms with Gasteiger partial charge in [-0.15, -0.1) is 0 Å². The predicted molar refractivity (Wildman–Crippen MR) is 119 cm³/mol. The summed E-state index contributed by atoms with van der Waals surface area (Å²) in [4.78, 5) is 5.07. The Balaban J connectivity index is 2.05. The van der Waals surface area contributed by atoms with Crippen LogP contribution >= 0.6 is 0 Å². The van der Waals surface area contributed by atoms with Crippen LogP contribution in [0.4, 0.5) is 0 Å². The van der Waals surface area contributed by atoms with E-state index in [0.717, 1.165) is 49.6 Å². The van der Waals surface area contributed by atoms with E-state index in [1.807, 2.05) is 26.0 Å². The maximum absolute atomic E-state index is 11.8. The van der Waals surface area contributed by atoms with Gasteiger partial charge in [-0.25, -0.2) is 13.4 Å². The third-order valence-corrected chi connectivity index (χ3v) is 6.49. The zero-order chi connectivity index (χ0) is 21.7. The second-order valence-corrected chi connectivity index (χ2v) is 11.0. The number of nitrogens with one attached hydrogen (secondary N) is 2. The van der Waals surface area contributed by atoms with E-state index in [1.54, 1.807) is 6.07 Å². The Morgan fingerprint density at radius 2 is 2.00 bits per heavy atom. The van der Waals surface area contributed by atoms with Crippen molar-refractivity contribution in [2.45, 2.75) is 65.0 Å². The molecule has 1 aliphatic rings. The molecule has 0 spiro atoms. The van der Waals surface area contributed by atoms with Gasteiger partial charge in [0, 0.05) is 31.9 Å². The smallest absolute Gasteiger partial charge is 0.191 e. The Hall–Kier alpha value is -1.60. The Morgan fingerprint density at radius 1 is 1.28 bits per heavy atom. The maximum atomic E-state index is 11.8. The molecule has 1 heterocycles. The van der Waals surface area contributed by atoms with Crippen LogP contribution in [0.2, 0.25) is 0 Å². The first kappa shape index (κ1) is 23.7. The van der Waals surface area contributed by atoms with Crippen molar-refractivity contribution in [1.29, 1.82) is 0 Å². The summed E-state index contributed by atoms with van der Waals surface area (Å²) in [6.07, 6.45) is 3.72. The number of rotatable bonds is 6. The number of guanidine groups is 1. The number of aryl methyl sites for hydroxylation is 1. The summed E-state index contributed by atoms with van der Waals surface area (Å²) in [6.45, 7) is 13.5. The molecule has 2 atom stereocenters. The molecule has 0 amide bonds. The first-order valence-electron chi connectivity index (χ1n) is 10.5. The van der Waals surface area contributed by atoms with Gasteiger partial charge in [0.1, 0.15) is 0 Å². The molecule has 164 valence electrons. The summed E-state index contributed by atoms with van der Waals surface area (Å²) < 4.78 is 29.7. The van der Waals surface area contributed by atoms with Gasteiger partial charge >= 0.3 is 0 Å². The van der Waals surface area contributed by atoms with E-state index in [4.69, 9.17) is 9.73 Å². The number of sulfone groups is 1. The van der Waals surface area contributed by atoms with Crippen LogP contribution in [-0.2, 0) is 21.1 Å². The molecule has 6 nitrogen and oxygen atoms in total. The monoisotopic (exact) mass is 423 g/mol.